The predicted molar refractivity (Wildman–Crippen MR) is 82.4 cm³/mol. The standard InChI is InChI=1S/C17H31F3O2/c1-12(2)14(16(21)22-5)10-8-6-7-9-11-15(13(3)4)17(18,19)20/h12-15H,6-11H2,1-5H3/t14-,15-/m1/s1. The summed E-state index contributed by atoms with van der Waals surface area (Å²) in [6.45, 7) is 7.22. The Morgan fingerprint density at radius 1 is 0.909 bits per heavy atom. The van der Waals surface area contributed by atoms with Gasteiger partial charge in [-0.15, -0.1) is 0 Å². The topological polar surface area (TPSA) is 26.3 Å². The number of rotatable bonds is 10. The Kier molecular flexibility index (Phi) is 9.77. The summed E-state index contributed by atoms with van der Waals surface area (Å²) < 4.78 is 43.2. The van der Waals surface area contributed by atoms with Gasteiger partial charge in [-0.05, 0) is 24.7 Å². The van der Waals surface area contributed by atoms with Crippen molar-refractivity contribution in [3.8, 4) is 0 Å². The van der Waals surface area contributed by atoms with Crippen molar-refractivity contribution in [3.05, 3.63) is 0 Å². The smallest absolute Gasteiger partial charge is 0.392 e. The third-order valence-corrected chi connectivity index (χ3v) is 4.31. The Labute approximate surface area is 132 Å². The van der Waals surface area contributed by atoms with Crippen LogP contribution < -0.4 is 0 Å². The molecule has 0 aliphatic carbocycles. The second kappa shape index (κ2) is 10.1. The molecule has 0 aromatic rings. The van der Waals surface area contributed by atoms with Gasteiger partial charge in [0.15, 0.2) is 0 Å². The van der Waals surface area contributed by atoms with Gasteiger partial charge in [0.1, 0.15) is 0 Å². The normalized spacial score (nSPS) is 15.2. The van der Waals surface area contributed by atoms with E-state index in [4.69, 9.17) is 4.74 Å². The van der Waals surface area contributed by atoms with Crippen LogP contribution in [0, 0.1) is 23.7 Å². The molecule has 22 heavy (non-hydrogen) atoms. The molecule has 132 valence electrons. The van der Waals surface area contributed by atoms with Gasteiger partial charge in [-0.2, -0.15) is 13.2 Å². The van der Waals surface area contributed by atoms with E-state index in [1.807, 2.05) is 13.8 Å². The highest BCUT2D eigenvalue weighted by atomic mass is 19.4. The highest BCUT2D eigenvalue weighted by Gasteiger charge is 2.40. The van der Waals surface area contributed by atoms with Crippen LogP contribution in [0.25, 0.3) is 0 Å². The van der Waals surface area contributed by atoms with Crippen molar-refractivity contribution < 1.29 is 22.7 Å². The SMILES string of the molecule is COC(=O)[C@H](CCCCCC[C@H](C(C)C)C(F)(F)F)C(C)C. The fourth-order valence-electron chi connectivity index (χ4n) is 2.83. The first kappa shape index (κ1) is 21.3. The van der Waals surface area contributed by atoms with Gasteiger partial charge >= 0.3 is 12.1 Å². The molecule has 0 unspecified atom stereocenters. The van der Waals surface area contributed by atoms with Gasteiger partial charge in [-0.1, -0.05) is 53.4 Å². The Morgan fingerprint density at radius 2 is 1.41 bits per heavy atom. The summed E-state index contributed by atoms with van der Waals surface area (Å²) in [7, 11) is 1.39. The molecule has 0 saturated carbocycles. The molecule has 0 saturated heterocycles. The van der Waals surface area contributed by atoms with Crippen LogP contribution in [0.3, 0.4) is 0 Å². The Hall–Kier alpha value is -0.740. The first-order chi connectivity index (χ1) is 10.1. The summed E-state index contributed by atoms with van der Waals surface area (Å²) >= 11 is 0. The molecule has 0 bridgehead atoms. The lowest BCUT2D eigenvalue weighted by atomic mass is 9.88. The molecule has 0 radical (unpaired) electrons. The summed E-state index contributed by atoms with van der Waals surface area (Å²) in [6.07, 6.45) is -0.0534. The lowest BCUT2D eigenvalue weighted by molar-refractivity contribution is -0.188. The van der Waals surface area contributed by atoms with Crippen molar-refractivity contribution in [1.82, 2.24) is 0 Å². The maximum Gasteiger partial charge on any atom is 0.392 e. The van der Waals surface area contributed by atoms with E-state index in [-0.39, 0.29) is 30.1 Å². The Morgan fingerprint density at radius 3 is 1.77 bits per heavy atom. The molecule has 0 N–H and O–H groups in total. The second-order valence-electron chi connectivity index (χ2n) is 6.76. The zero-order valence-electron chi connectivity index (χ0n) is 14.5. The van der Waals surface area contributed by atoms with Gasteiger partial charge in [-0.3, -0.25) is 4.79 Å². The second-order valence-corrected chi connectivity index (χ2v) is 6.76. The van der Waals surface area contributed by atoms with Crippen LogP contribution >= 0.6 is 0 Å². The summed E-state index contributed by atoms with van der Waals surface area (Å²) in [5.74, 6) is -1.64. The minimum absolute atomic E-state index is 0.108. The average molecular weight is 324 g/mol. The van der Waals surface area contributed by atoms with E-state index < -0.39 is 12.1 Å². The zero-order chi connectivity index (χ0) is 17.3. The molecule has 0 aliphatic rings. The van der Waals surface area contributed by atoms with Gasteiger partial charge < -0.3 is 4.74 Å². The van der Waals surface area contributed by atoms with E-state index in [1.54, 1.807) is 13.8 Å². The molecular formula is C17H31F3O2. The van der Waals surface area contributed by atoms with E-state index in [1.165, 1.54) is 7.11 Å². The van der Waals surface area contributed by atoms with Gasteiger partial charge in [-0.25, -0.2) is 0 Å². The van der Waals surface area contributed by atoms with Gasteiger partial charge in [0.25, 0.3) is 0 Å². The maximum atomic E-state index is 12.8. The van der Waals surface area contributed by atoms with Crippen molar-refractivity contribution in [1.29, 1.82) is 0 Å². The highest BCUT2D eigenvalue weighted by molar-refractivity contribution is 5.72. The summed E-state index contributed by atoms with van der Waals surface area (Å²) in [4.78, 5) is 11.6. The van der Waals surface area contributed by atoms with Gasteiger partial charge in [0.05, 0.1) is 18.9 Å². The van der Waals surface area contributed by atoms with Crippen LogP contribution in [0.5, 0.6) is 0 Å². The number of alkyl halides is 3. The summed E-state index contributed by atoms with van der Waals surface area (Å²) in [6, 6.07) is 0. The number of ether oxygens (including phenoxy) is 1. The molecule has 0 rings (SSSR count). The third kappa shape index (κ3) is 8.04. The van der Waals surface area contributed by atoms with Crippen LogP contribution in [0.4, 0.5) is 13.2 Å². The largest absolute Gasteiger partial charge is 0.469 e. The lowest BCUT2D eigenvalue weighted by Gasteiger charge is -2.23. The number of unbranched alkanes of at least 4 members (excludes halogenated alkanes) is 3. The molecule has 0 heterocycles. The quantitative estimate of drug-likeness (QED) is 0.386. The Bertz CT molecular complexity index is 312. The fraction of sp³-hybridized carbons (Fsp3) is 0.941. The molecule has 2 atom stereocenters. The first-order valence-electron chi connectivity index (χ1n) is 8.25. The minimum Gasteiger partial charge on any atom is -0.469 e. The summed E-state index contributed by atoms with van der Waals surface area (Å²) in [5, 5.41) is 0. The van der Waals surface area contributed by atoms with Crippen molar-refractivity contribution in [3.63, 3.8) is 0 Å². The van der Waals surface area contributed by atoms with E-state index in [0.29, 0.717) is 6.42 Å². The molecule has 0 aromatic heterocycles. The molecule has 0 spiro atoms. The fourth-order valence-corrected chi connectivity index (χ4v) is 2.83. The molecule has 2 nitrogen and oxygen atoms in total. The zero-order valence-corrected chi connectivity index (χ0v) is 14.5. The molecule has 0 aromatic carbocycles. The molecule has 0 fully saturated rings. The summed E-state index contributed by atoms with van der Waals surface area (Å²) in [5.41, 5.74) is 0. The number of hydrogen-bond acceptors (Lipinski definition) is 2. The van der Waals surface area contributed by atoms with Gasteiger partial charge in [0.2, 0.25) is 0 Å². The number of carbonyl (C=O) groups is 1. The number of halogens is 3. The van der Waals surface area contributed by atoms with Crippen molar-refractivity contribution in [2.45, 2.75) is 72.4 Å². The van der Waals surface area contributed by atoms with Gasteiger partial charge in [0, 0.05) is 0 Å². The number of carbonyl (C=O) groups excluding carboxylic acids is 1. The van der Waals surface area contributed by atoms with E-state index in [0.717, 1.165) is 25.7 Å². The number of methoxy groups -OCH3 is 1. The molecule has 0 amide bonds. The maximum absolute atomic E-state index is 12.8. The van der Waals surface area contributed by atoms with Crippen molar-refractivity contribution in [2.24, 2.45) is 23.7 Å². The lowest BCUT2D eigenvalue weighted by Crippen LogP contribution is -2.27. The molecular weight excluding hydrogens is 293 g/mol. The van der Waals surface area contributed by atoms with Crippen molar-refractivity contribution in [2.75, 3.05) is 7.11 Å². The van der Waals surface area contributed by atoms with Crippen LogP contribution in [0.2, 0.25) is 0 Å². The van der Waals surface area contributed by atoms with Crippen molar-refractivity contribution >= 4 is 5.97 Å². The number of hydrogen-bond donors (Lipinski definition) is 0. The van der Waals surface area contributed by atoms with E-state index >= 15 is 0 Å². The van der Waals surface area contributed by atoms with Crippen LogP contribution in [0.15, 0.2) is 0 Å². The van der Waals surface area contributed by atoms with E-state index in [2.05, 4.69) is 0 Å². The monoisotopic (exact) mass is 324 g/mol. The minimum atomic E-state index is -4.10. The van der Waals surface area contributed by atoms with E-state index in [9.17, 15) is 18.0 Å². The van der Waals surface area contributed by atoms with Crippen LogP contribution in [0.1, 0.15) is 66.2 Å². The molecule has 5 heteroatoms. The average Bonchev–Trinajstić information content (AvgIpc) is 2.38. The highest BCUT2D eigenvalue weighted by Crippen LogP contribution is 2.35. The van der Waals surface area contributed by atoms with Crippen LogP contribution in [-0.2, 0) is 9.53 Å². The predicted octanol–water partition coefficient (Wildman–Crippen LogP) is 5.61. The first-order valence-corrected chi connectivity index (χ1v) is 8.25. The number of esters is 1. The van der Waals surface area contributed by atoms with Crippen LogP contribution in [-0.4, -0.2) is 19.3 Å². The third-order valence-electron chi connectivity index (χ3n) is 4.31. The Balaban J connectivity index is 4.00. The molecule has 0 aliphatic heterocycles.